The molecule has 0 bridgehead atoms. The molecule has 0 saturated carbocycles. The quantitative estimate of drug-likeness (QED) is 0.817. The second-order valence-corrected chi connectivity index (χ2v) is 8.49. The molecule has 1 aliphatic heterocycles. The maximum atomic E-state index is 13.3. The van der Waals surface area contributed by atoms with Crippen molar-refractivity contribution in [1.82, 2.24) is 14.3 Å². The van der Waals surface area contributed by atoms with E-state index in [2.05, 4.69) is 9.97 Å². The SMILES string of the molecule is Cc1cc(C)nc(OC2CCCN(S(=O)(=O)c3ccc(F)cc3C)C2)n1. The van der Waals surface area contributed by atoms with E-state index in [0.717, 1.165) is 17.8 Å². The van der Waals surface area contributed by atoms with Crippen LogP contribution in [0.25, 0.3) is 0 Å². The molecule has 1 atom stereocenters. The van der Waals surface area contributed by atoms with Crippen LogP contribution in [0.2, 0.25) is 0 Å². The monoisotopic (exact) mass is 379 g/mol. The summed E-state index contributed by atoms with van der Waals surface area (Å²) in [5, 5.41) is 0. The van der Waals surface area contributed by atoms with E-state index >= 15 is 0 Å². The molecule has 3 rings (SSSR count). The number of ether oxygens (including phenoxy) is 1. The summed E-state index contributed by atoms with van der Waals surface area (Å²) in [7, 11) is -3.71. The van der Waals surface area contributed by atoms with Crippen LogP contribution in [-0.2, 0) is 10.0 Å². The number of piperidine rings is 1. The van der Waals surface area contributed by atoms with Crippen LogP contribution in [0.4, 0.5) is 4.39 Å². The number of sulfonamides is 1. The lowest BCUT2D eigenvalue weighted by atomic mass is 10.1. The van der Waals surface area contributed by atoms with Gasteiger partial charge in [0.25, 0.3) is 0 Å². The lowest BCUT2D eigenvalue weighted by Crippen LogP contribution is -2.44. The van der Waals surface area contributed by atoms with Gasteiger partial charge in [0.05, 0.1) is 11.4 Å². The maximum Gasteiger partial charge on any atom is 0.317 e. The molecule has 6 nitrogen and oxygen atoms in total. The molecule has 140 valence electrons. The van der Waals surface area contributed by atoms with Gasteiger partial charge in [-0.3, -0.25) is 0 Å². The second kappa shape index (κ2) is 7.28. The number of nitrogens with zero attached hydrogens (tertiary/aromatic N) is 3. The third-order valence-electron chi connectivity index (χ3n) is 4.33. The van der Waals surface area contributed by atoms with E-state index in [1.807, 2.05) is 19.9 Å². The molecular formula is C18H22FN3O3S. The van der Waals surface area contributed by atoms with Crippen molar-refractivity contribution >= 4 is 10.0 Å². The molecule has 1 unspecified atom stereocenters. The van der Waals surface area contributed by atoms with E-state index in [9.17, 15) is 12.8 Å². The molecule has 8 heteroatoms. The topological polar surface area (TPSA) is 72.4 Å². The number of rotatable bonds is 4. The first-order chi connectivity index (χ1) is 12.3. The fourth-order valence-corrected chi connectivity index (χ4v) is 4.87. The van der Waals surface area contributed by atoms with Gasteiger partial charge in [-0.05, 0) is 63.4 Å². The molecule has 26 heavy (non-hydrogen) atoms. The standard InChI is InChI=1S/C18H22FN3O3S/c1-12-9-15(19)6-7-17(12)26(23,24)22-8-4-5-16(11-22)25-18-20-13(2)10-14(3)21-18/h6-7,9-10,16H,4-5,8,11H2,1-3H3. The summed E-state index contributed by atoms with van der Waals surface area (Å²) < 4.78 is 46.4. The highest BCUT2D eigenvalue weighted by Crippen LogP contribution is 2.25. The minimum Gasteiger partial charge on any atom is -0.459 e. The summed E-state index contributed by atoms with van der Waals surface area (Å²) in [6.07, 6.45) is 1.08. The molecule has 0 N–H and O–H groups in total. The van der Waals surface area contributed by atoms with Crippen molar-refractivity contribution in [3.8, 4) is 6.01 Å². The van der Waals surface area contributed by atoms with Crippen molar-refractivity contribution in [2.45, 2.75) is 44.6 Å². The lowest BCUT2D eigenvalue weighted by Gasteiger charge is -2.32. The summed E-state index contributed by atoms with van der Waals surface area (Å²) in [4.78, 5) is 8.64. The van der Waals surface area contributed by atoms with Gasteiger partial charge in [0, 0.05) is 17.9 Å². The largest absolute Gasteiger partial charge is 0.459 e. The van der Waals surface area contributed by atoms with Crippen molar-refractivity contribution in [2.24, 2.45) is 0 Å². The van der Waals surface area contributed by atoms with E-state index in [0.29, 0.717) is 18.5 Å². The Bertz CT molecular complexity index is 898. The van der Waals surface area contributed by atoms with Crippen LogP contribution in [0.15, 0.2) is 29.2 Å². The van der Waals surface area contributed by atoms with Crippen LogP contribution >= 0.6 is 0 Å². The molecule has 2 aromatic rings. The zero-order valence-electron chi connectivity index (χ0n) is 15.1. The third-order valence-corrected chi connectivity index (χ3v) is 6.35. The van der Waals surface area contributed by atoms with Crippen molar-refractivity contribution in [2.75, 3.05) is 13.1 Å². The van der Waals surface area contributed by atoms with Gasteiger partial charge in [0.15, 0.2) is 0 Å². The van der Waals surface area contributed by atoms with Gasteiger partial charge in [-0.15, -0.1) is 0 Å². The predicted molar refractivity (Wildman–Crippen MR) is 95.1 cm³/mol. The average Bonchev–Trinajstić information content (AvgIpc) is 2.53. The van der Waals surface area contributed by atoms with E-state index < -0.39 is 15.8 Å². The van der Waals surface area contributed by atoms with Gasteiger partial charge in [-0.1, -0.05) is 0 Å². The number of hydrogen-bond acceptors (Lipinski definition) is 5. The molecule has 0 spiro atoms. The molecule has 0 aliphatic carbocycles. The van der Waals surface area contributed by atoms with Crippen LogP contribution < -0.4 is 4.74 Å². The minimum atomic E-state index is -3.71. The molecule has 2 heterocycles. The van der Waals surface area contributed by atoms with Gasteiger partial charge in [0.2, 0.25) is 10.0 Å². The van der Waals surface area contributed by atoms with E-state index in [-0.39, 0.29) is 23.6 Å². The first-order valence-corrected chi connectivity index (χ1v) is 9.95. The molecule has 0 amide bonds. The van der Waals surface area contributed by atoms with Crippen molar-refractivity contribution < 1.29 is 17.5 Å². The summed E-state index contributed by atoms with van der Waals surface area (Å²) in [6, 6.07) is 5.83. The number of hydrogen-bond donors (Lipinski definition) is 0. The van der Waals surface area contributed by atoms with Gasteiger partial charge in [-0.25, -0.2) is 22.8 Å². The highest BCUT2D eigenvalue weighted by molar-refractivity contribution is 7.89. The van der Waals surface area contributed by atoms with Crippen LogP contribution in [-0.4, -0.2) is 41.9 Å². The Kier molecular flexibility index (Phi) is 5.24. The Morgan fingerprint density at radius 2 is 1.85 bits per heavy atom. The molecule has 1 fully saturated rings. The van der Waals surface area contributed by atoms with Crippen molar-refractivity contribution in [1.29, 1.82) is 0 Å². The molecule has 1 aliphatic rings. The van der Waals surface area contributed by atoms with Crippen LogP contribution in [0.3, 0.4) is 0 Å². The summed E-state index contributed by atoms with van der Waals surface area (Å²) in [5.41, 5.74) is 2.00. The van der Waals surface area contributed by atoms with Gasteiger partial charge >= 0.3 is 6.01 Å². The fourth-order valence-electron chi connectivity index (χ4n) is 3.16. The van der Waals surface area contributed by atoms with Gasteiger partial charge in [0.1, 0.15) is 11.9 Å². The van der Waals surface area contributed by atoms with E-state index in [1.54, 1.807) is 6.92 Å². The Labute approximate surface area is 153 Å². The summed E-state index contributed by atoms with van der Waals surface area (Å²) >= 11 is 0. The second-order valence-electron chi connectivity index (χ2n) is 6.59. The molecular weight excluding hydrogens is 357 g/mol. The Balaban J connectivity index is 1.79. The summed E-state index contributed by atoms with van der Waals surface area (Å²) in [5.74, 6) is -0.451. The van der Waals surface area contributed by atoms with E-state index in [1.165, 1.54) is 22.5 Å². The van der Waals surface area contributed by atoms with E-state index in [4.69, 9.17) is 4.74 Å². The third kappa shape index (κ3) is 4.02. The highest BCUT2D eigenvalue weighted by Gasteiger charge is 2.32. The molecule has 1 aromatic heterocycles. The molecule has 1 saturated heterocycles. The van der Waals surface area contributed by atoms with Crippen LogP contribution in [0.1, 0.15) is 29.8 Å². The zero-order valence-corrected chi connectivity index (χ0v) is 15.9. The minimum absolute atomic E-state index is 0.127. The highest BCUT2D eigenvalue weighted by atomic mass is 32.2. The Morgan fingerprint density at radius 1 is 1.15 bits per heavy atom. The number of benzene rings is 1. The average molecular weight is 379 g/mol. The molecule has 0 radical (unpaired) electrons. The normalized spacial score (nSPS) is 18.7. The van der Waals surface area contributed by atoms with Gasteiger partial charge < -0.3 is 4.74 Å². The molecule has 1 aromatic carbocycles. The van der Waals surface area contributed by atoms with Crippen molar-refractivity contribution in [3.63, 3.8) is 0 Å². The lowest BCUT2D eigenvalue weighted by molar-refractivity contribution is 0.118. The maximum absolute atomic E-state index is 13.3. The zero-order chi connectivity index (χ0) is 18.9. The summed E-state index contributed by atoms with van der Waals surface area (Å²) in [6.45, 7) is 5.94. The number of aryl methyl sites for hydroxylation is 3. The first-order valence-electron chi connectivity index (χ1n) is 8.51. The van der Waals surface area contributed by atoms with Gasteiger partial charge in [-0.2, -0.15) is 4.31 Å². The Hall–Kier alpha value is -2.06. The number of aromatic nitrogens is 2. The smallest absolute Gasteiger partial charge is 0.317 e. The fraction of sp³-hybridized carbons (Fsp3) is 0.444. The van der Waals surface area contributed by atoms with Crippen LogP contribution in [0, 0.1) is 26.6 Å². The Morgan fingerprint density at radius 3 is 2.50 bits per heavy atom. The first kappa shape index (κ1) is 18.7. The number of halogens is 1. The predicted octanol–water partition coefficient (Wildman–Crippen LogP) is 2.77. The van der Waals surface area contributed by atoms with Crippen LogP contribution in [0.5, 0.6) is 6.01 Å². The van der Waals surface area contributed by atoms with Crippen molar-refractivity contribution in [3.05, 3.63) is 47.0 Å².